The van der Waals surface area contributed by atoms with Gasteiger partial charge in [0.05, 0.1) is 18.1 Å². The first-order valence-electron chi connectivity index (χ1n) is 11.1. The monoisotopic (exact) mass is 452 g/mol. The van der Waals surface area contributed by atoms with Crippen LogP contribution in [0.4, 0.5) is 0 Å². The molecule has 1 fully saturated rings. The van der Waals surface area contributed by atoms with Gasteiger partial charge in [-0.05, 0) is 43.9 Å². The summed E-state index contributed by atoms with van der Waals surface area (Å²) in [5.74, 6) is 1.30. The number of hydrogen-bond donors (Lipinski definition) is 1. The fraction of sp³-hybridized carbons (Fsp3) is 0.417. The quantitative estimate of drug-likeness (QED) is 0.483. The number of carbonyl (C=O) groups is 2. The van der Waals surface area contributed by atoms with Crippen molar-refractivity contribution in [3.05, 3.63) is 54.3 Å². The largest absolute Gasteiger partial charge is 0.461 e. The van der Waals surface area contributed by atoms with Crippen molar-refractivity contribution in [1.82, 2.24) is 20.1 Å². The summed E-state index contributed by atoms with van der Waals surface area (Å²) in [5, 5.41) is 12.3. The van der Waals surface area contributed by atoms with Crippen LogP contribution in [0.25, 0.3) is 11.6 Å². The number of nitrogens with one attached hydrogen (secondary N) is 1. The van der Waals surface area contributed by atoms with E-state index in [1.807, 2.05) is 42.5 Å². The van der Waals surface area contributed by atoms with E-state index in [0.29, 0.717) is 29.2 Å². The molecule has 1 aliphatic carbocycles. The molecule has 1 saturated carbocycles. The van der Waals surface area contributed by atoms with Crippen molar-refractivity contribution in [3.8, 4) is 11.6 Å². The Morgan fingerprint density at radius 3 is 2.59 bits per heavy atom. The average molecular weight is 453 g/mol. The lowest BCUT2D eigenvalue weighted by molar-refractivity contribution is -0.125. The number of amides is 1. The predicted molar refractivity (Wildman–Crippen MR) is 123 cm³/mol. The molecule has 2 heterocycles. The van der Waals surface area contributed by atoms with Gasteiger partial charge in [-0.25, -0.2) is 0 Å². The molecule has 0 saturated heterocycles. The zero-order valence-corrected chi connectivity index (χ0v) is 19.0. The highest BCUT2D eigenvalue weighted by atomic mass is 32.2. The summed E-state index contributed by atoms with van der Waals surface area (Å²) in [7, 11) is 0. The van der Waals surface area contributed by atoms with Gasteiger partial charge in [0.1, 0.15) is 0 Å². The normalized spacial score (nSPS) is 15.4. The third-order valence-corrected chi connectivity index (χ3v) is 6.73. The van der Waals surface area contributed by atoms with E-state index in [4.69, 9.17) is 4.42 Å². The second kappa shape index (κ2) is 10.6. The van der Waals surface area contributed by atoms with Crippen LogP contribution in [0.2, 0.25) is 0 Å². The van der Waals surface area contributed by atoms with Gasteiger partial charge >= 0.3 is 0 Å². The highest BCUT2D eigenvalue weighted by molar-refractivity contribution is 7.99. The van der Waals surface area contributed by atoms with Crippen molar-refractivity contribution in [1.29, 1.82) is 0 Å². The van der Waals surface area contributed by atoms with Gasteiger partial charge in [-0.1, -0.05) is 61.4 Å². The number of Topliss-reactive ketones (excluding diaryl/α,β-unsaturated/α-hetero) is 1. The molecule has 1 atom stereocenters. The summed E-state index contributed by atoms with van der Waals surface area (Å²) in [5.41, 5.74) is 1.01. The van der Waals surface area contributed by atoms with E-state index in [0.717, 1.165) is 18.4 Å². The second-order valence-electron chi connectivity index (χ2n) is 8.15. The molecule has 0 unspecified atom stereocenters. The summed E-state index contributed by atoms with van der Waals surface area (Å²) >= 11 is 1.35. The number of ketones is 1. The number of thioether (sulfide) groups is 1. The smallest absolute Gasteiger partial charge is 0.231 e. The summed E-state index contributed by atoms with van der Waals surface area (Å²) in [6, 6.07) is 13.2. The molecule has 3 aromatic rings. The van der Waals surface area contributed by atoms with Crippen LogP contribution in [-0.4, -0.2) is 38.2 Å². The predicted octanol–water partition coefficient (Wildman–Crippen LogP) is 4.45. The summed E-state index contributed by atoms with van der Waals surface area (Å²) < 4.78 is 7.70. The molecule has 4 rings (SSSR count). The Bertz CT molecular complexity index is 1030. The molecule has 2 aromatic heterocycles. The van der Waals surface area contributed by atoms with Crippen molar-refractivity contribution >= 4 is 23.5 Å². The Balaban J connectivity index is 1.44. The number of nitrogens with zero attached hydrogens (tertiary/aromatic N) is 3. The zero-order valence-electron chi connectivity index (χ0n) is 18.2. The van der Waals surface area contributed by atoms with Gasteiger partial charge < -0.3 is 9.73 Å². The summed E-state index contributed by atoms with van der Waals surface area (Å²) in [6.45, 7) is 1.51. The van der Waals surface area contributed by atoms with E-state index in [-0.39, 0.29) is 17.4 Å². The molecular formula is C24H28N4O3S. The third kappa shape index (κ3) is 5.48. The number of hydrogen-bond acceptors (Lipinski definition) is 6. The van der Waals surface area contributed by atoms with Crippen LogP contribution in [0.5, 0.6) is 0 Å². The van der Waals surface area contributed by atoms with Crippen molar-refractivity contribution in [3.63, 3.8) is 0 Å². The lowest BCUT2D eigenvalue weighted by atomic mass is 9.95. The Morgan fingerprint density at radius 1 is 1.12 bits per heavy atom. The molecule has 1 N–H and O–H groups in total. The van der Waals surface area contributed by atoms with Crippen LogP contribution in [0.3, 0.4) is 0 Å². The maximum atomic E-state index is 12.7. The van der Waals surface area contributed by atoms with Crippen molar-refractivity contribution < 1.29 is 14.0 Å². The number of rotatable bonds is 9. The third-order valence-electron chi connectivity index (χ3n) is 5.79. The van der Waals surface area contributed by atoms with E-state index >= 15 is 0 Å². The zero-order chi connectivity index (χ0) is 22.3. The van der Waals surface area contributed by atoms with Crippen LogP contribution >= 0.6 is 11.8 Å². The van der Waals surface area contributed by atoms with Gasteiger partial charge in [0.2, 0.25) is 11.7 Å². The maximum absolute atomic E-state index is 12.7. The lowest BCUT2D eigenvalue weighted by Crippen LogP contribution is -2.42. The van der Waals surface area contributed by atoms with Crippen molar-refractivity contribution in [2.75, 3.05) is 5.75 Å². The van der Waals surface area contributed by atoms with Gasteiger partial charge in [-0.15, -0.1) is 10.2 Å². The van der Waals surface area contributed by atoms with Crippen molar-refractivity contribution in [2.45, 2.75) is 62.7 Å². The minimum absolute atomic E-state index is 0.0577. The molecular weight excluding hydrogens is 424 g/mol. The van der Waals surface area contributed by atoms with Crippen LogP contribution < -0.4 is 5.32 Å². The van der Waals surface area contributed by atoms with Gasteiger partial charge in [-0.2, -0.15) is 0 Å². The molecule has 0 bridgehead atoms. The summed E-state index contributed by atoms with van der Waals surface area (Å²) in [6.07, 6.45) is 7.82. The average Bonchev–Trinajstić information content (AvgIpc) is 3.48. The van der Waals surface area contributed by atoms with E-state index < -0.39 is 6.04 Å². The van der Waals surface area contributed by atoms with Crippen LogP contribution in [0.1, 0.15) is 50.6 Å². The first-order valence-corrected chi connectivity index (χ1v) is 12.1. The highest BCUT2D eigenvalue weighted by Crippen LogP contribution is 2.35. The first kappa shape index (κ1) is 22.3. The van der Waals surface area contributed by atoms with Crippen LogP contribution in [-0.2, 0) is 16.0 Å². The number of benzene rings is 1. The molecule has 1 aromatic carbocycles. The molecule has 0 radical (unpaired) electrons. The Kier molecular flexibility index (Phi) is 7.42. The number of carbonyl (C=O) groups excluding carboxylic acids is 2. The SMILES string of the molecule is CC(=O)[C@@H](Cc1ccccc1)NC(=O)CSc1nnc(-c2ccco2)n1C1CCCCC1. The number of furan rings is 1. The van der Waals surface area contributed by atoms with Crippen molar-refractivity contribution in [2.24, 2.45) is 0 Å². The molecule has 0 aliphatic heterocycles. The molecule has 8 heteroatoms. The molecule has 168 valence electrons. The first-order chi connectivity index (χ1) is 15.6. The molecule has 0 spiro atoms. The molecule has 7 nitrogen and oxygen atoms in total. The van der Waals surface area contributed by atoms with Gasteiger partial charge in [-0.3, -0.25) is 14.2 Å². The van der Waals surface area contributed by atoms with E-state index in [1.54, 1.807) is 6.26 Å². The number of aromatic nitrogens is 3. The molecule has 32 heavy (non-hydrogen) atoms. The Hall–Kier alpha value is -2.87. The standard InChI is InChI=1S/C24H28N4O3S/c1-17(29)20(15-18-9-4-2-5-10-18)25-22(30)16-32-24-27-26-23(21-13-8-14-31-21)28(24)19-11-6-3-7-12-19/h2,4-5,8-10,13-14,19-20H,3,6-7,11-12,15-16H2,1H3,(H,25,30)/t20-/m1/s1. The minimum Gasteiger partial charge on any atom is -0.461 e. The molecule has 1 aliphatic rings. The summed E-state index contributed by atoms with van der Waals surface area (Å²) in [4.78, 5) is 24.8. The minimum atomic E-state index is -0.541. The Labute approximate surface area is 192 Å². The maximum Gasteiger partial charge on any atom is 0.231 e. The fourth-order valence-electron chi connectivity index (χ4n) is 4.13. The van der Waals surface area contributed by atoms with Gasteiger partial charge in [0.25, 0.3) is 0 Å². The van der Waals surface area contributed by atoms with E-state index in [1.165, 1.54) is 37.9 Å². The van der Waals surface area contributed by atoms with Gasteiger partial charge in [0.15, 0.2) is 16.7 Å². The van der Waals surface area contributed by atoms with Crippen LogP contribution in [0, 0.1) is 0 Å². The van der Waals surface area contributed by atoms with E-state index in [9.17, 15) is 9.59 Å². The Morgan fingerprint density at radius 2 is 1.91 bits per heavy atom. The van der Waals surface area contributed by atoms with Crippen LogP contribution in [0.15, 0.2) is 58.3 Å². The molecule has 1 amide bonds. The highest BCUT2D eigenvalue weighted by Gasteiger charge is 2.26. The topological polar surface area (TPSA) is 90.0 Å². The van der Waals surface area contributed by atoms with Gasteiger partial charge in [0, 0.05) is 6.04 Å². The van der Waals surface area contributed by atoms with E-state index in [2.05, 4.69) is 20.1 Å². The fourth-order valence-corrected chi connectivity index (χ4v) is 4.95. The second-order valence-corrected chi connectivity index (χ2v) is 9.10. The lowest BCUT2D eigenvalue weighted by Gasteiger charge is -2.25.